The van der Waals surface area contributed by atoms with E-state index < -0.39 is 5.97 Å². The van der Waals surface area contributed by atoms with E-state index in [1.807, 2.05) is 25.6 Å². The van der Waals surface area contributed by atoms with Gasteiger partial charge in [-0.05, 0) is 24.5 Å². The van der Waals surface area contributed by atoms with E-state index in [1.54, 1.807) is 0 Å². The molecule has 3 atom stereocenters. The molecule has 0 aromatic carbocycles. The molecule has 20 heavy (non-hydrogen) atoms. The molecule has 1 aliphatic rings. The second-order valence-corrected chi connectivity index (χ2v) is 7.11. The number of carboxylic acid groups (broad SMARTS) is 1. The molecule has 3 N–H and O–H groups in total. The highest BCUT2D eigenvalue weighted by atomic mass is 32.2. The van der Waals surface area contributed by atoms with Gasteiger partial charge in [-0.1, -0.05) is 27.2 Å². The van der Waals surface area contributed by atoms with Gasteiger partial charge in [0.15, 0.2) is 0 Å². The zero-order chi connectivity index (χ0) is 15.1. The quantitative estimate of drug-likeness (QED) is 0.675. The molecule has 0 radical (unpaired) electrons. The maximum Gasteiger partial charge on any atom is 0.315 e. The number of amides is 2. The number of thioether (sulfide) groups is 1. The molecular weight excluding hydrogens is 276 g/mol. The van der Waals surface area contributed by atoms with Crippen molar-refractivity contribution in [3.05, 3.63) is 0 Å². The van der Waals surface area contributed by atoms with Gasteiger partial charge in [-0.25, -0.2) is 4.79 Å². The molecule has 0 heterocycles. The molecule has 0 spiro atoms. The molecule has 0 saturated heterocycles. The monoisotopic (exact) mass is 302 g/mol. The van der Waals surface area contributed by atoms with Crippen LogP contribution in [0.25, 0.3) is 0 Å². The molecule has 1 fully saturated rings. The van der Waals surface area contributed by atoms with Crippen LogP contribution in [0.15, 0.2) is 0 Å². The summed E-state index contributed by atoms with van der Waals surface area (Å²) in [5.74, 6) is 0.267. The number of nitrogens with one attached hydrogen (secondary N) is 2. The van der Waals surface area contributed by atoms with Crippen LogP contribution >= 0.6 is 11.8 Å². The minimum Gasteiger partial charge on any atom is -0.481 e. The lowest BCUT2D eigenvalue weighted by Gasteiger charge is -2.24. The molecule has 3 unspecified atom stereocenters. The van der Waals surface area contributed by atoms with E-state index in [-0.39, 0.29) is 30.5 Å². The van der Waals surface area contributed by atoms with Crippen LogP contribution < -0.4 is 10.6 Å². The van der Waals surface area contributed by atoms with E-state index >= 15 is 0 Å². The van der Waals surface area contributed by atoms with Gasteiger partial charge in [0, 0.05) is 17.3 Å². The van der Waals surface area contributed by atoms with Crippen LogP contribution in [0.1, 0.15) is 46.5 Å². The maximum absolute atomic E-state index is 12.0. The molecule has 0 bridgehead atoms. The number of hydrogen-bond donors (Lipinski definition) is 3. The van der Waals surface area contributed by atoms with Crippen molar-refractivity contribution in [3.8, 4) is 0 Å². The van der Waals surface area contributed by atoms with Crippen molar-refractivity contribution in [3.63, 3.8) is 0 Å². The van der Waals surface area contributed by atoms with E-state index in [9.17, 15) is 9.59 Å². The lowest BCUT2D eigenvalue weighted by Crippen LogP contribution is -2.50. The highest BCUT2D eigenvalue weighted by Crippen LogP contribution is 2.29. The summed E-state index contributed by atoms with van der Waals surface area (Å²) in [6, 6.07) is -0.359. The Labute approximate surface area is 125 Å². The SMILES string of the molecule is CCSC1CCCC1NC(=O)NC(CC(=O)O)C(C)C. The van der Waals surface area contributed by atoms with Crippen LogP contribution in [0.3, 0.4) is 0 Å². The number of carboxylic acids is 1. The van der Waals surface area contributed by atoms with Gasteiger partial charge in [0.1, 0.15) is 0 Å². The standard InChI is InChI=1S/C14H26N2O3S/c1-4-20-12-7-5-6-10(12)15-14(19)16-11(9(2)3)8-13(17)18/h9-12H,4-8H2,1-3H3,(H,17,18)(H2,15,16,19). The molecule has 116 valence electrons. The third kappa shape index (κ3) is 5.61. The fraction of sp³-hybridized carbons (Fsp3) is 0.857. The van der Waals surface area contributed by atoms with Gasteiger partial charge in [-0.2, -0.15) is 11.8 Å². The number of carbonyl (C=O) groups is 2. The third-order valence-corrected chi connectivity index (χ3v) is 4.99. The Balaban J connectivity index is 2.46. The van der Waals surface area contributed by atoms with Gasteiger partial charge < -0.3 is 15.7 Å². The van der Waals surface area contributed by atoms with E-state index in [0.29, 0.717) is 5.25 Å². The Kier molecular flexibility index (Phi) is 7.19. The topological polar surface area (TPSA) is 78.4 Å². The van der Waals surface area contributed by atoms with Crippen molar-refractivity contribution in [1.82, 2.24) is 10.6 Å². The molecule has 0 aliphatic heterocycles. The molecule has 6 heteroatoms. The summed E-state index contributed by atoms with van der Waals surface area (Å²) in [7, 11) is 0. The first kappa shape index (κ1) is 17.1. The van der Waals surface area contributed by atoms with Crippen molar-refractivity contribution in [2.45, 2.75) is 63.8 Å². The van der Waals surface area contributed by atoms with Crippen molar-refractivity contribution in [2.24, 2.45) is 5.92 Å². The van der Waals surface area contributed by atoms with E-state index in [0.717, 1.165) is 25.0 Å². The summed E-state index contributed by atoms with van der Waals surface area (Å²) < 4.78 is 0. The number of carbonyl (C=O) groups excluding carboxylic acids is 1. The summed E-state index contributed by atoms with van der Waals surface area (Å²) in [5, 5.41) is 15.2. The van der Waals surface area contributed by atoms with Crippen LogP contribution in [-0.4, -0.2) is 40.2 Å². The predicted molar refractivity (Wildman–Crippen MR) is 82.1 cm³/mol. The summed E-state index contributed by atoms with van der Waals surface area (Å²) in [5.41, 5.74) is 0. The zero-order valence-corrected chi connectivity index (χ0v) is 13.3. The van der Waals surface area contributed by atoms with Gasteiger partial charge in [0.25, 0.3) is 0 Å². The fourth-order valence-electron chi connectivity index (χ4n) is 2.52. The Morgan fingerprint density at radius 1 is 1.35 bits per heavy atom. The lowest BCUT2D eigenvalue weighted by molar-refractivity contribution is -0.137. The first-order valence-electron chi connectivity index (χ1n) is 7.34. The van der Waals surface area contributed by atoms with Crippen molar-refractivity contribution < 1.29 is 14.7 Å². The summed E-state index contributed by atoms with van der Waals surface area (Å²) in [4.78, 5) is 22.8. The van der Waals surface area contributed by atoms with Gasteiger partial charge in [-0.3, -0.25) is 4.79 Å². The average Bonchev–Trinajstić information content (AvgIpc) is 2.75. The smallest absolute Gasteiger partial charge is 0.315 e. The highest BCUT2D eigenvalue weighted by molar-refractivity contribution is 7.99. The summed E-state index contributed by atoms with van der Waals surface area (Å²) in [6.45, 7) is 5.96. The number of aliphatic carboxylic acids is 1. The Hall–Kier alpha value is -0.910. The maximum atomic E-state index is 12.0. The largest absolute Gasteiger partial charge is 0.481 e. The first-order valence-corrected chi connectivity index (χ1v) is 8.39. The first-order chi connectivity index (χ1) is 9.43. The zero-order valence-electron chi connectivity index (χ0n) is 12.5. The molecule has 1 saturated carbocycles. The minimum absolute atomic E-state index is 0.0388. The van der Waals surface area contributed by atoms with Gasteiger partial charge in [0.05, 0.1) is 6.42 Å². The van der Waals surface area contributed by atoms with Crippen LogP contribution in [0, 0.1) is 5.92 Å². The molecular formula is C14H26N2O3S. The normalized spacial score (nSPS) is 23.6. The molecule has 0 aromatic rings. The summed E-state index contributed by atoms with van der Waals surface area (Å²) in [6.07, 6.45) is 3.26. The molecule has 1 rings (SSSR count). The minimum atomic E-state index is -0.885. The van der Waals surface area contributed by atoms with Crippen molar-refractivity contribution >= 4 is 23.8 Å². The van der Waals surface area contributed by atoms with E-state index in [2.05, 4.69) is 17.6 Å². The van der Waals surface area contributed by atoms with Gasteiger partial charge >= 0.3 is 12.0 Å². The van der Waals surface area contributed by atoms with Gasteiger partial charge in [-0.15, -0.1) is 0 Å². The highest BCUT2D eigenvalue weighted by Gasteiger charge is 2.29. The third-order valence-electron chi connectivity index (χ3n) is 3.67. The van der Waals surface area contributed by atoms with Crippen LogP contribution in [-0.2, 0) is 4.79 Å². The van der Waals surface area contributed by atoms with Crippen molar-refractivity contribution in [1.29, 1.82) is 0 Å². The second kappa shape index (κ2) is 8.39. The number of rotatable bonds is 7. The van der Waals surface area contributed by atoms with E-state index in [4.69, 9.17) is 5.11 Å². The molecule has 2 amide bonds. The molecule has 0 aromatic heterocycles. The van der Waals surface area contributed by atoms with Crippen molar-refractivity contribution in [2.75, 3.05) is 5.75 Å². The Morgan fingerprint density at radius 3 is 2.60 bits per heavy atom. The van der Waals surface area contributed by atoms with Crippen LogP contribution in [0.5, 0.6) is 0 Å². The molecule has 5 nitrogen and oxygen atoms in total. The Bertz CT molecular complexity index is 336. The molecule has 1 aliphatic carbocycles. The van der Waals surface area contributed by atoms with Gasteiger partial charge in [0.2, 0.25) is 0 Å². The number of urea groups is 1. The lowest BCUT2D eigenvalue weighted by atomic mass is 10.0. The predicted octanol–water partition coefficient (Wildman–Crippen LogP) is 2.46. The second-order valence-electron chi connectivity index (χ2n) is 5.60. The van der Waals surface area contributed by atoms with Crippen LogP contribution in [0.4, 0.5) is 4.79 Å². The number of hydrogen-bond acceptors (Lipinski definition) is 3. The fourth-order valence-corrected chi connectivity index (χ4v) is 3.72. The van der Waals surface area contributed by atoms with E-state index in [1.165, 1.54) is 0 Å². The average molecular weight is 302 g/mol. The van der Waals surface area contributed by atoms with Crippen LogP contribution in [0.2, 0.25) is 0 Å². The Morgan fingerprint density at radius 2 is 2.05 bits per heavy atom. The summed E-state index contributed by atoms with van der Waals surface area (Å²) >= 11 is 1.89.